The first kappa shape index (κ1) is 12.2. The summed E-state index contributed by atoms with van der Waals surface area (Å²) < 4.78 is 24.7. The molecule has 6 nitrogen and oxygen atoms in total. The fraction of sp³-hybridized carbons (Fsp3) is 0.625. The molecule has 0 aliphatic carbocycles. The first-order chi connectivity index (χ1) is 7.06. The van der Waals surface area contributed by atoms with Crippen LogP contribution >= 0.6 is 0 Å². The number of nitrogens with one attached hydrogen (secondary N) is 2. The van der Waals surface area contributed by atoms with Gasteiger partial charge in [-0.05, 0) is 7.05 Å². The summed E-state index contributed by atoms with van der Waals surface area (Å²) in [5.41, 5.74) is 0.852. The number of rotatable bonds is 6. The highest BCUT2D eigenvalue weighted by molar-refractivity contribution is 7.89. The Bertz CT molecular complexity index is 373. The summed E-state index contributed by atoms with van der Waals surface area (Å²) >= 11 is 0. The van der Waals surface area contributed by atoms with Crippen LogP contribution in [-0.2, 0) is 16.6 Å². The molecule has 0 aromatic carbocycles. The molecule has 7 heteroatoms. The van der Waals surface area contributed by atoms with E-state index in [2.05, 4.69) is 15.5 Å². The zero-order valence-corrected chi connectivity index (χ0v) is 9.71. The number of nitrogens with zero attached hydrogens (tertiary/aromatic N) is 2. The Hall–Kier alpha value is -0.920. The van der Waals surface area contributed by atoms with Gasteiger partial charge in [0.15, 0.2) is 0 Å². The molecule has 1 rings (SSSR count). The molecule has 0 unspecified atom stereocenters. The third-order valence-corrected chi connectivity index (χ3v) is 3.84. The fourth-order valence-electron chi connectivity index (χ4n) is 1.11. The van der Waals surface area contributed by atoms with E-state index in [0.29, 0.717) is 13.1 Å². The molecule has 0 aliphatic rings. The number of hydrogen-bond donors (Lipinski definition) is 2. The second-order valence-corrected chi connectivity index (χ2v) is 5.48. The maximum atomic E-state index is 11.7. The van der Waals surface area contributed by atoms with Gasteiger partial charge in [0.1, 0.15) is 0 Å². The van der Waals surface area contributed by atoms with Crippen LogP contribution in [0.25, 0.3) is 0 Å². The summed E-state index contributed by atoms with van der Waals surface area (Å²) in [6.07, 6.45) is 3.30. The van der Waals surface area contributed by atoms with Crippen LogP contribution in [0.3, 0.4) is 0 Å². The molecule has 15 heavy (non-hydrogen) atoms. The minimum atomic E-state index is -3.17. The standard InChI is InChI=1S/C8H16N4O2S/c1-9-3-4-15(13,14)12(2)7-8-5-10-11-6-8/h5-6,9H,3-4,7H2,1-2H3,(H,10,11). The average Bonchev–Trinajstić information content (AvgIpc) is 2.67. The van der Waals surface area contributed by atoms with Crippen molar-refractivity contribution < 1.29 is 8.42 Å². The lowest BCUT2D eigenvalue weighted by Gasteiger charge is -2.15. The van der Waals surface area contributed by atoms with Gasteiger partial charge in [0.05, 0.1) is 11.9 Å². The number of sulfonamides is 1. The lowest BCUT2D eigenvalue weighted by Crippen LogP contribution is -2.32. The van der Waals surface area contributed by atoms with Crippen molar-refractivity contribution in [2.75, 3.05) is 26.4 Å². The highest BCUT2D eigenvalue weighted by atomic mass is 32.2. The summed E-state index contributed by atoms with van der Waals surface area (Å²) in [4.78, 5) is 0. The number of H-pyrrole nitrogens is 1. The zero-order valence-electron chi connectivity index (χ0n) is 8.90. The van der Waals surface area contributed by atoms with Crippen molar-refractivity contribution in [1.82, 2.24) is 19.8 Å². The Kier molecular flexibility index (Phi) is 4.25. The van der Waals surface area contributed by atoms with Crippen LogP contribution in [0.4, 0.5) is 0 Å². The second kappa shape index (κ2) is 5.24. The van der Waals surface area contributed by atoms with E-state index in [4.69, 9.17) is 0 Å². The van der Waals surface area contributed by atoms with E-state index in [1.54, 1.807) is 26.5 Å². The molecule has 0 bridgehead atoms. The summed E-state index contributed by atoms with van der Waals surface area (Å²) in [7, 11) is 0.126. The predicted molar refractivity (Wildman–Crippen MR) is 57.8 cm³/mol. The molecule has 2 N–H and O–H groups in total. The topological polar surface area (TPSA) is 78.1 Å². The van der Waals surface area contributed by atoms with Gasteiger partial charge in [-0.25, -0.2) is 12.7 Å². The lowest BCUT2D eigenvalue weighted by atomic mass is 10.4. The molecular weight excluding hydrogens is 216 g/mol. The molecule has 1 aromatic heterocycles. The van der Waals surface area contributed by atoms with Gasteiger partial charge < -0.3 is 5.32 Å². The van der Waals surface area contributed by atoms with Crippen molar-refractivity contribution in [3.8, 4) is 0 Å². The van der Waals surface area contributed by atoms with Gasteiger partial charge in [-0.15, -0.1) is 0 Å². The van der Waals surface area contributed by atoms with Crippen LogP contribution in [0.15, 0.2) is 12.4 Å². The van der Waals surface area contributed by atoms with Crippen LogP contribution in [0.2, 0.25) is 0 Å². The van der Waals surface area contributed by atoms with E-state index in [1.807, 2.05) is 0 Å². The molecule has 0 radical (unpaired) electrons. The van der Waals surface area contributed by atoms with Crippen molar-refractivity contribution in [2.24, 2.45) is 0 Å². The van der Waals surface area contributed by atoms with Gasteiger partial charge in [0.25, 0.3) is 0 Å². The van der Waals surface area contributed by atoms with Gasteiger partial charge in [-0.2, -0.15) is 5.10 Å². The van der Waals surface area contributed by atoms with Crippen molar-refractivity contribution in [3.63, 3.8) is 0 Å². The lowest BCUT2D eigenvalue weighted by molar-refractivity contribution is 0.466. The van der Waals surface area contributed by atoms with Crippen molar-refractivity contribution in [3.05, 3.63) is 18.0 Å². The first-order valence-electron chi connectivity index (χ1n) is 4.62. The summed E-state index contributed by atoms with van der Waals surface area (Å²) in [5, 5.41) is 9.22. The van der Waals surface area contributed by atoms with E-state index in [-0.39, 0.29) is 5.75 Å². The van der Waals surface area contributed by atoms with E-state index < -0.39 is 10.0 Å². The van der Waals surface area contributed by atoms with Crippen molar-refractivity contribution in [2.45, 2.75) is 6.54 Å². The van der Waals surface area contributed by atoms with Gasteiger partial charge in [-0.1, -0.05) is 0 Å². The first-order valence-corrected chi connectivity index (χ1v) is 6.23. The van der Waals surface area contributed by atoms with Crippen LogP contribution < -0.4 is 5.32 Å². The molecule has 0 amide bonds. The largest absolute Gasteiger partial charge is 0.319 e. The summed E-state index contributed by atoms with van der Waals surface area (Å²) in [6, 6.07) is 0. The van der Waals surface area contributed by atoms with Crippen LogP contribution in [0.5, 0.6) is 0 Å². The molecule has 0 fully saturated rings. The van der Waals surface area contributed by atoms with Crippen LogP contribution in [0, 0.1) is 0 Å². The molecule has 86 valence electrons. The Morgan fingerprint density at radius 3 is 2.87 bits per heavy atom. The molecule has 1 heterocycles. The number of aromatic nitrogens is 2. The maximum Gasteiger partial charge on any atom is 0.215 e. The second-order valence-electron chi connectivity index (χ2n) is 3.28. The van der Waals surface area contributed by atoms with Gasteiger partial charge in [-0.3, -0.25) is 5.10 Å². The van der Waals surface area contributed by atoms with Crippen molar-refractivity contribution in [1.29, 1.82) is 0 Å². The van der Waals surface area contributed by atoms with Gasteiger partial charge in [0, 0.05) is 31.9 Å². The normalized spacial score (nSPS) is 12.2. The molecule has 1 aromatic rings. The smallest absolute Gasteiger partial charge is 0.215 e. The molecule has 0 atom stereocenters. The van der Waals surface area contributed by atoms with E-state index in [1.165, 1.54) is 4.31 Å². The average molecular weight is 232 g/mol. The van der Waals surface area contributed by atoms with E-state index >= 15 is 0 Å². The summed E-state index contributed by atoms with van der Waals surface area (Å²) in [5.74, 6) is 0.109. The molecule has 0 spiro atoms. The molecule has 0 aliphatic heterocycles. The quantitative estimate of drug-likeness (QED) is 0.686. The van der Waals surface area contributed by atoms with Crippen molar-refractivity contribution >= 4 is 10.0 Å². The number of aromatic amines is 1. The predicted octanol–water partition coefficient (Wildman–Crippen LogP) is -0.609. The van der Waals surface area contributed by atoms with E-state index in [0.717, 1.165) is 5.56 Å². The monoisotopic (exact) mass is 232 g/mol. The fourth-order valence-corrected chi connectivity index (χ4v) is 2.23. The SMILES string of the molecule is CNCCS(=O)(=O)N(C)Cc1cn[nH]c1. The van der Waals surface area contributed by atoms with Crippen LogP contribution in [0.1, 0.15) is 5.56 Å². The molecular formula is C8H16N4O2S. The van der Waals surface area contributed by atoms with Crippen LogP contribution in [-0.4, -0.2) is 49.3 Å². The Balaban J connectivity index is 2.56. The molecule has 0 saturated heterocycles. The minimum absolute atomic E-state index is 0.109. The Labute approximate surface area is 89.7 Å². The molecule has 0 saturated carbocycles. The Morgan fingerprint density at radius 2 is 2.33 bits per heavy atom. The Morgan fingerprint density at radius 1 is 1.60 bits per heavy atom. The maximum absolute atomic E-state index is 11.7. The third kappa shape index (κ3) is 3.61. The minimum Gasteiger partial charge on any atom is -0.319 e. The number of hydrogen-bond acceptors (Lipinski definition) is 4. The summed E-state index contributed by atoms with van der Waals surface area (Å²) in [6.45, 7) is 0.806. The third-order valence-electron chi connectivity index (χ3n) is 2.04. The van der Waals surface area contributed by atoms with Gasteiger partial charge in [0.2, 0.25) is 10.0 Å². The zero-order chi connectivity index (χ0) is 11.3. The van der Waals surface area contributed by atoms with E-state index in [9.17, 15) is 8.42 Å². The van der Waals surface area contributed by atoms with Gasteiger partial charge >= 0.3 is 0 Å². The highest BCUT2D eigenvalue weighted by Gasteiger charge is 2.17. The highest BCUT2D eigenvalue weighted by Crippen LogP contribution is 2.05.